The van der Waals surface area contributed by atoms with Crippen LogP contribution in [0.5, 0.6) is 0 Å². The van der Waals surface area contributed by atoms with Gasteiger partial charge in [0.05, 0.1) is 0 Å². The number of nitrogens with zero attached hydrogens (tertiary/aromatic N) is 1. The summed E-state index contributed by atoms with van der Waals surface area (Å²) in [6.07, 6.45) is 4.32. The van der Waals surface area contributed by atoms with Gasteiger partial charge in [-0.15, -0.1) is 0 Å². The molecular formula is C12H24N2O2. The largest absolute Gasteiger partial charge is 0.480 e. The summed E-state index contributed by atoms with van der Waals surface area (Å²) in [5, 5.41) is 11.9. The first-order chi connectivity index (χ1) is 7.67. The van der Waals surface area contributed by atoms with E-state index in [-0.39, 0.29) is 6.04 Å². The molecule has 1 aliphatic rings. The smallest absolute Gasteiger partial charge is 0.320 e. The highest BCUT2D eigenvalue weighted by molar-refractivity contribution is 5.73. The van der Waals surface area contributed by atoms with E-state index in [0.29, 0.717) is 5.92 Å². The Hall–Kier alpha value is -0.610. The van der Waals surface area contributed by atoms with E-state index in [1.807, 2.05) is 0 Å². The molecule has 94 valence electrons. The number of nitrogens with one attached hydrogen (secondary N) is 1. The molecule has 0 spiro atoms. The Morgan fingerprint density at radius 2 is 2.38 bits per heavy atom. The minimum atomic E-state index is -0.727. The molecule has 4 nitrogen and oxygen atoms in total. The van der Waals surface area contributed by atoms with Crippen LogP contribution in [0.2, 0.25) is 0 Å². The van der Waals surface area contributed by atoms with Crippen molar-refractivity contribution in [3.8, 4) is 0 Å². The highest BCUT2D eigenvalue weighted by atomic mass is 16.4. The van der Waals surface area contributed by atoms with Crippen LogP contribution in [0.15, 0.2) is 0 Å². The summed E-state index contributed by atoms with van der Waals surface area (Å²) in [5.41, 5.74) is 0. The molecule has 0 aromatic carbocycles. The Labute approximate surface area is 98.0 Å². The van der Waals surface area contributed by atoms with Crippen LogP contribution in [0.25, 0.3) is 0 Å². The summed E-state index contributed by atoms with van der Waals surface area (Å²) in [7, 11) is 1.73. The molecule has 0 amide bonds. The number of likely N-dealkylation sites (N-methyl/N-ethyl adjacent to an activating group) is 1. The van der Waals surface area contributed by atoms with Crippen molar-refractivity contribution in [1.82, 2.24) is 10.2 Å². The lowest BCUT2D eigenvalue weighted by atomic mass is 9.91. The molecule has 0 aromatic heterocycles. The predicted octanol–water partition coefficient (Wildman–Crippen LogP) is 1.17. The van der Waals surface area contributed by atoms with Crippen LogP contribution in [-0.4, -0.2) is 48.7 Å². The topological polar surface area (TPSA) is 52.6 Å². The lowest BCUT2D eigenvalue weighted by molar-refractivity contribution is -0.139. The first-order valence-electron chi connectivity index (χ1n) is 6.29. The van der Waals surface area contributed by atoms with E-state index in [9.17, 15) is 4.79 Å². The monoisotopic (exact) mass is 228 g/mol. The average Bonchev–Trinajstić information content (AvgIpc) is 2.26. The average molecular weight is 228 g/mol. The van der Waals surface area contributed by atoms with Gasteiger partial charge in [0.25, 0.3) is 0 Å². The number of carboxylic acid groups (broad SMARTS) is 1. The number of carbonyl (C=O) groups is 1. The fraction of sp³-hybridized carbons (Fsp3) is 0.917. The number of rotatable bonds is 6. The van der Waals surface area contributed by atoms with Gasteiger partial charge in [-0.2, -0.15) is 0 Å². The molecule has 1 fully saturated rings. The summed E-state index contributed by atoms with van der Waals surface area (Å²) in [6, 6.07) is -0.383. The molecule has 0 aromatic rings. The summed E-state index contributed by atoms with van der Waals surface area (Å²) >= 11 is 0. The Bertz CT molecular complexity index is 219. The minimum absolute atomic E-state index is 0.383. The lowest BCUT2D eigenvalue weighted by Crippen LogP contribution is -2.41. The number of piperidine rings is 1. The Morgan fingerprint density at radius 1 is 1.62 bits per heavy atom. The lowest BCUT2D eigenvalue weighted by Gasteiger charge is -2.33. The van der Waals surface area contributed by atoms with Crippen LogP contribution in [0.3, 0.4) is 0 Å². The van der Waals surface area contributed by atoms with Crippen molar-refractivity contribution in [3.05, 3.63) is 0 Å². The molecule has 0 aliphatic carbocycles. The number of likely N-dealkylation sites (tertiary alicyclic amines) is 1. The van der Waals surface area contributed by atoms with Crippen molar-refractivity contribution in [2.75, 3.05) is 26.7 Å². The zero-order chi connectivity index (χ0) is 12.0. The van der Waals surface area contributed by atoms with E-state index in [1.54, 1.807) is 7.05 Å². The maximum absolute atomic E-state index is 10.9. The van der Waals surface area contributed by atoms with Gasteiger partial charge < -0.3 is 15.3 Å². The molecule has 0 bridgehead atoms. The standard InChI is InChI=1S/C12H24N2O2/c1-3-6-14-7-4-5-10(9-14)8-11(13-2)12(15)16/h10-11,13H,3-9H2,1-2H3,(H,15,16). The molecule has 4 heteroatoms. The van der Waals surface area contributed by atoms with Crippen LogP contribution in [0.4, 0.5) is 0 Å². The third kappa shape index (κ3) is 4.10. The van der Waals surface area contributed by atoms with Gasteiger partial charge in [-0.25, -0.2) is 0 Å². The summed E-state index contributed by atoms with van der Waals surface area (Å²) in [5.74, 6) is -0.191. The molecule has 1 aliphatic heterocycles. The van der Waals surface area contributed by atoms with Crippen molar-refractivity contribution >= 4 is 5.97 Å². The predicted molar refractivity (Wildman–Crippen MR) is 64.6 cm³/mol. The van der Waals surface area contributed by atoms with Crippen LogP contribution in [-0.2, 0) is 4.79 Å². The Balaban J connectivity index is 2.38. The van der Waals surface area contributed by atoms with Crippen LogP contribution in [0.1, 0.15) is 32.6 Å². The van der Waals surface area contributed by atoms with Crippen LogP contribution < -0.4 is 5.32 Å². The SMILES string of the molecule is CCCN1CCCC(CC(NC)C(=O)O)C1. The molecule has 0 saturated carbocycles. The maximum atomic E-state index is 10.9. The van der Waals surface area contributed by atoms with E-state index < -0.39 is 5.97 Å². The second-order valence-electron chi connectivity index (χ2n) is 4.72. The van der Waals surface area contributed by atoms with E-state index in [1.165, 1.54) is 25.8 Å². The van der Waals surface area contributed by atoms with Crippen LogP contribution in [0, 0.1) is 5.92 Å². The first kappa shape index (κ1) is 13.5. The zero-order valence-electron chi connectivity index (χ0n) is 10.4. The number of carboxylic acids is 1. The van der Waals surface area contributed by atoms with E-state index in [4.69, 9.17) is 5.11 Å². The quantitative estimate of drug-likeness (QED) is 0.716. The summed E-state index contributed by atoms with van der Waals surface area (Å²) < 4.78 is 0. The first-order valence-corrected chi connectivity index (χ1v) is 6.29. The summed E-state index contributed by atoms with van der Waals surface area (Å²) in [4.78, 5) is 13.4. The van der Waals surface area contributed by atoms with E-state index >= 15 is 0 Å². The second-order valence-corrected chi connectivity index (χ2v) is 4.72. The molecular weight excluding hydrogens is 204 g/mol. The van der Waals surface area contributed by atoms with Gasteiger partial charge in [0.2, 0.25) is 0 Å². The molecule has 2 atom stereocenters. The number of hydrogen-bond acceptors (Lipinski definition) is 3. The molecule has 1 rings (SSSR count). The van der Waals surface area contributed by atoms with Crippen LogP contribution >= 0.6 is 0 Å². The second kappa shape index (κ2) is 6.86. The third-order valence-corrected chi connectivity index (χ3v) is 3.36. The molecule has 0 radical (unpaired) electrons. The van der Waals surface area contributed by atoms with Gasteiger partial charge in [0, 0.05) is 6.54 Å². The normalized spacial score (nSPS) is 24.2. The van der Waals surface area contributed by atoms with Crippen molar-refractivity contribution in [2.24, 2.45) is 5.92 Å². The van der Waals surface area contributed by atoms with Crippen molar-refractivity contribution in [1.29, 1.82) is 0 Å². The van der Waals surface area contributed by atoms with Gasteiger partial charge >= 0.3 is 5.97 Å². The van der Waals surface area contributed by atoms with Crippen molar-refractivity contribution in [2.45, 2.75) is 38.6 Å². The van der Waals surface area contributed by atoms with Gasteiger partial charge in [-0.05, 0) is 51.7 Å². The molecule has 16 heavy (non-hydrogen) atoms. The molecule has 2 N–H and O–H groups in total. The molecule has 1 heterocycles. The Morgan fingerprint density at radius 3 is 2.94 bits per heavy atom. The van der Waals surface area contributed by atoms with Gasteiger partial charge in [-0.1, -0.05) is 6.92 Å². The highest BCUT2D eigenvalue weighted by Gasteiger charge is 2.25. The number of aliphatic carboxylic acids is 1. The van der Waals surface area contributed by atoms with E-state index in [2.05, 4.69) is 17.1 Å². The fourth-order valence-corrected chi connectivity index (χ4v) is 2.54. The molecule has 1 saturated heterocycles. The summed E-state index contributed by atoms with van der Waals surface area (Å²) in [6.45, 7) is 5.59. The molecule has 2 unspecified atom stereocenters. The van der Waals surface area contributed by atoms with Gasteiger partial charge in [0.15, 0.2) is 0 Å². The number of hydrogen-bond donors (Lipinski definition) is 2. The van der Waals surface area contributed by atoms with Crippen molar-refractivity contribution < 1.29 is 9.90 Å². The maximum Gasteiger partial charge on any atom is 0.320 e. The van der Waals surface area contributed by atoms with Gasteiger partial charge in [-0.3, -0.25) is 4.79 Å². The van der Waals surface area contributed by atoms with Gasteiger partial charge in [0.1, 0.15) is 6.04 Å². The van der Waals surface area contributed by atoms with E-state index in [0.717, 1.165) is 19.5 Å². The van der Waals surface area contributed by atoms with Crippen molar-refractivity contribution in [3.63, 3.8) is 0 Å². The third-order valence-electron chi connectivity index (χ3n) is 3.36. The fourth-order valence-electron chi connectivity index (χ4n) is 2.54. The Kier molecular flexibility index (Phi) is 5.77. The highest BCUT2D eigenvalue weighted by Crippen LogP contribution is 2.21. The zero-order valence-corrected chi connectivity index (χ0v) is 10.4. The minimum Gasteiger partial charge on any atom is -0.480 e.